The van der Waals surface area contributed by atoms with Crippen molar-refractivity contribution in [1.29, 1.82) is 0 Å². The Balaban J connectivity index is 1.53. The van der Waals surface area contributed by atoms with E-state index in [4.69, 9.17) is 16.6 Å². The Kier molecular flexibility index (Phi) is 6.97. The second-order valence-electron chi connectivity index (χ2n) is 9.19. The number of hydrogen-bond donors (Lipinski definition) is 3. The van der Waals surface area contributed by atoms with Crippen molar-refractivity contribution in [3.05, 3.63) is 47.0 Å². The molecule has 184 valence electrons. The van der Waals surface area contributed by atoms with Crippen LogP contribution in [0.2, 0.25) is 5.02 Å². The standard InChI is InChI=1S/C25H28ClFN6O2/c26-16-5-6-18(19(27)13-16)24-22(20-7-10-28-25(30-20)29-17-3-1-2-4-17)23(31-32-24)15-8-11-33(12-9-15)21(35)14-34/h5-7,10,13,15,17,34H,1-4,8-9,11-12,14H2,(H,31,32)(H,28,29,30). The highest BCUT2D eigenvalue weighted by molar-refractivity contribution is 6.30. The summed E-state index contributed by atoms with van der Waals surface area (Å²) < 4.78 is 15.0. The molecule has 0 bridgehead atoms. The van der Waals surface area contributed by atoms with E-state index in [0.717, 1.165) is 24.1 Å². The number of rotatable bonds is 6. The number of aliphatic hydroxyl groups excluding tert-OH is 1. The summed E-state index contributed by atoms with van der Waals surface area (Å²) in [4.78, 5) is 22.8. The minimum absolute atomic E-state index is 0.0746. The number of H-pyrrole nitrogens is 1. The number of aromatic nitrogens is 4. The summed E-state index contributed by atoms with van der Waals surface area (Å²) in [5.41, 5.74) is 3.05. The lowest BCUT2D eigenvalue weighted by molar-refractivity contribution is -0.135. The van der Waals surface area contributed by atoms with E-state index in [1.54, 1.807) is 23.2 Å². The second-order valence-corrected chi connectivity index (χ2v) is 9.63. The van der Waals surface area contributed by atoms with Crippen LogP contribution in [-0.4, -0.2) is 61.8 Å². The number of aliphatic hydroxyl groups is 1. The Bertz CT molecular complexity index is 1200. The summed E-state index contributed by atoms with van der Waals surface area (Å²) >= 11 is 5.99. The summed E-state index contributed by atoms with van der Waals surface area (Å²) in [6, 6.07) is 6.72. The largest absolute Gasteiger partial charge is 0.387 e. The first-order valence-electron chi connectivity index (χ1n) is 12.1. The van der Waals surface area contributed by atoms with Crippen molar-refractivity contribution in [1.82, 2.24) is 25.1 Å². The lowest BCUT2D eigenvalue weighted by atomic mass is 9.88. The van der Waals surface area contributed by atoms with Gasteiger partial charge in [0, 0.05) is 53.1 Å². The van der Waals surface area contributed by atoms with Gasteiger partial charge >= 0.3 is 0 Å². The molecule has 3 heterocycles. The summed E-state index contributed by atoms with van der Waals surface area (Å²) in [5.74, 6) is -0.104. The van der Waals surface area contributed by atoms with Crippen molar-refractivity contribution in [3.8, 4) is 22.5 Å². The van der Waals surface area contributed by atoms with E-state index in [-0.39, 0.29) is 11.8 Å². The van der Waals surface area contributed by atoms with Crippen LogP contribution in [0, 0.1) is 5.82 Å². The molecule has 0 atom stereocenters. The summed E-state index contributed by atoms with van der Waals surface area (Å²) in [6.07, 6.45) is 7.68. The van der Waals surface area contributed by atoms with Crippen molar-refractivity contribution in [2.75, 3.05) is 25.0 Å². The van der Waals surface area contributed by atoms with Gasteiger partial charge in [0.15, 0.2) is 0 Å². The number of carbonyl (C=O) groups is 1. The maximum atomic E-state index is 15.0. The predicted octanol–water partition coefficient (Wildman–Crippen LogP) is 4.38. The molecule has 10 heteroatoms. The minimum Gasteiger partial charge on any atom is -0.387 e. The van der Waals surface area contributed by atoms with Crippen LogP contribution < -0.4 is 5.32 Å². The van der Waals surface area contributed by atoms with Gasteiger partial charge in [-0.25, -0.2) is 14.4 Å². The highest BCUT2D eigenvalue weighted by Crippen LogP contribution is 2.40. The van der Waals surface area contributed by atoms with Crippen LogP contribution >= 0.6 is 11.6 Å². The summed E-state index contributed by atoms with van der Waals surface area (Å²) in [7, 11) is 0. The maximum Gasteiger partial charge on any atom is 0.248 e. The molecule has 0 spiro atoms. The molecule has 1 saturated carbocycles. The molecule has 3 N–H and O–H groups in total. The zero-order valence-corrected chi connectivity index (χ0v) is 20.1. The average Bonchev–Trinajstić information content (AvgIpc) is 3.54. The number of piperidine rings is 1. The molecule has 0 radical (unpaired) electrons. The van der Waals surface area contributed by atoms with Gasteiger partial charge in [0.1, 0.15) is 18.1 Å². The Morgan fingerprint density at radius 3 is 2.69 bits per heavy atom. The van der Waals surface area contributed by atoms with Crippen LogP contribution in [0.5, 0.6) is 0 Å². The lowest BCUT2D eigenvalue weighted by Crippen LogP contribution is -2.39. The van der Waals surface area contributed by atoms with Gasteiger partial charge in [-0.15, -0.1) is 0 Å². The third kappa shape index (κ3) is 5.01. The van der Waals surface area contributed by atoms with Gasteiger partial charge in [0.2, 0.25) is 11.9 Å². The number of benzene rings is 1. The minimum atomic E-state index is -0.488. The van der Waals surface area contributed by atoms with Gasteiger partial charge in [-0.1, -0.05) is 24.4 Å². The van der Waals surface area contributed by atoms with Gasteiger partial charge in [0.25, 0.3) is 0 Å². The highest BCUT2D eigenvalue weighted by atomic mass is 35.5. The van der Waals surface area contributed by atoms with Crippen LogP contribution in [0.15, 0.2) is 30.5 Å². The Hall–Kier alpha value is -3.04. The first kappa shape index (κ1) is 23.7. The summed E-state index contributed by atoms with van der Waals surface area (Å²) in [6.45, 7) is 0.578. The number of amides is 1. The number of likely N-dealkylation sites (tertiary alicyclic amines) is 1. The summed E-state index contributed by atoms with van der Waals surface area (Å²) in [5, 5.41) is 20.6. The monoisotopic (exact) mass is 498 g/mol. The number of nitrogens with zero attached hydrogens (tertiary/aromatic N) is 4. The fraction of sp³-hybridized carbons (Fsp3) is 0.440. The molecule has 1 aromatic carbocycles. The molecule has 35 heavy (non-hydrogen) atoms. The number of halogens is 2. The first-order chi connectivity index (χ1) is 17.0. The van der Waals surface area contributed by atoms with Gasteiger partial charge in [-0.05, 0) is 49.9 Å². The number of nitrogens with one attached hydrogen (secondary N) is 2. The van der Waals surface area contributed by atoms with Crippen molar-refractivity contribution in [2.24, 2.45) is 0 Å². The van der Waals surface area contributed by atoms with E-state index in [1.165, 1.54) is 18.9 Å². The van der Waals surface area contributed by atoms with Gasteiger partial charge in [0.05, 0.1) is 5.69 Å². The fourth-order valence-electron chi connectivity index (χ4n) is 5.12. The van der Waals surface area contributed by atoms with Gasteiger partial charge in [-0.3, -0.25) is 9.89 Å². The van der Waals surface area contributed by atoms with Crippen LogP contribution in [0.1, 0.15) is 50.1 Å². The molecule has 0 unspecified atom stereocenters. The van der Waals surface area contributed by atoms with E-state index in [0.29, 0.717) is 59.9 Å². The molecule has 1 amide bonds. The van der Waals surface area contributed by atoms with E-state index in [1.807, 2.05) is 6.07 Å². The van der Waals surface area contributed by atoms with Crippen LogP contribution in [0.4, 0.5) is 10.3 Å². The lowest BCUT2D eigenvalue weighted by Gasteiger charge is -2.31. The molecular weight excluding hydrogens is 471 g/mol. The molecule has 1 aliphatic heterocycles. The Labute approximate surface area is 207 Å². The zero-order chi connectivity index (χ0) is 24.4. The van der Waals surface area contributed by atoms with Crippen LogP contribution in [0.3, 0.4) is 0 Å². The second kappa shape index (κ2) is 10.3. The first-order valence-corrected chi connectivity index (χ1v) is 12.4. The van der Waals surface area contributed by atoms with Crippen LogP contribution in [-0.2, 0) is 4.79 Å². The van der Waals surface area contributed by atoms with E-state index < -0.39 is 12.4 Å². The molecular formula is C25H28ClFN6O2. The molecule has 3 aromatic rings. The van der Waals surface area contributed by atoms with Gasteiger partial charge in [-0.2, -0.15) is 5.10 Å². The molecule has 1 saturated heterocycles. The Morgan fingerprint density at radius 2 is 1.97 bits per heavy atom. The van der Waals surface area contributed by atoms with Gasteiger partial charge < -0.3 is 15.3 Å². The number of hydrogen-bond acceptors (Lipinski definition) is 6. The van der Waals surface area contributed by atoms with Crippen molar-refractivity contribution in [2.45, 2.75) is 50.5 Å². The molecule has 1 aliphatic carbocycles. The average molecular weight is 499 g/mol. The molecule has 2 aromatic heterocycles. The molecule has 2 fully saturated rings. The third-order valence-corrected chi connectivity index (χ3v) is 7.21. The topological polar surface area (TPSA) is 107 Å². The zero-order valence-electron chi connectivity index (χ0n) is 19.3. The molecule has 8 nitrogen and oxygen atoms in total. The predicted molar refractivity (Wildman–Crippen MR) is 132 cm³/mol. The SMILES string of the molecule is O=C(CO)N1CCC(c2[nH]nc(-c3ccc(Cl)cc3F)c2-c2ccnc(NC3CCCC3)n2)CC1. The van der Waals surface area contributed by atoms with E-state index in [2.05, 4.69) is 20.5 Å². The smallest absolute Gasteiger partial charge is 0.248 e. The van der Waals surface area contributed by atoms with Crippen LogP contribution in [0.25, 0.3) is 22.5 Å². The third-order valence-electron chi connectivity index (χ3n) is 6.97. The van der Waals surface area contributed by atoms with E-state index in [9.17, 15) is 14.3 Å². The molecule has 5 rings (SSSR count). The fourth-order valence-corrected chi connectivity index (χ4v) is 5.28. The van der Waals surface area contributed by atoms with Crippen molar-refractivity contribution >= 4 is 23.5 Å². The maximum absolute atomic E-state index is 15.0. The normalized spacial score (nSPS) is 17.2. The van der Waals surface area contributed by atoms with E-state index >= 15 is 0 Å². The van der Waals surface area contributed by atoms with Crippen molar-refractivity contribution in [3.63, 3.8) is 0 Å². The molecule has 2 aliphatic rings. The Morgan fingerprint density at radius 1 is 1.20 bits per heavy atom. The quantitative estimate of drug-likeness (QED) is 0.465. The van der Waals surface area contributed by atoms with Crippen molar-refractivity contribution < 1.29 is 14.3 Å². The number of anilines is 1. The highest BCUT2D eigenvalue weighted by Gasteiger charge is 2.30. The number of carbonyl (C=O) groups excluding carboxylic acids is 1. The number of aromatic amines is 1.